The van der Waals surface area contributed by atoms with E-state index in [1.165, 1.54) is 205 Å². The molecule has 0 saturated heterocycles. The Balaban J connectivity index is 3.82. The van der Waals surface area contributed by atoms with E-state index >= 15 is 0 Å². The summed E-state index contributed by atoms with van der Waals surface area (Å²) in [5.74, 6) is -0.858. The van der Waals surface area contributed by atoms with Crippen molar-refractivity contribution in [3.63, 3.8) is 0 Å². The maximum Gasteiger partial charge on any atom is 0.472 e. The molecule has 0 fully saturated rings. The largest absolute Gasteiger partial charge is 0.472 e. The summed E-state index contributed by atoms with van der Waals surface area (Å²) < 4.78 is 33.0. The number of ether oxygens (including phenoxy) is 2. The van der Waals surface area contributed by atoms with Crippen LogP contribution >= 0.6 is 7.82 Å². The Morgan fingerprint density at radius 1 is 0.403 bits per heavy atom. The van der Waals surface area contributed by atoms with Crippen LogP contribution in [0.3, 0.4) is 0 Å². The fourth-order valence-electron chi connectivity index (χ4n) is 9.31. The molecule has 3 N–H and O–H groups in total. The van der Waals surface area contributed by atoms with Crippen LogP contribution in [0.4, 0.5) is 0 Å². The predicted octanol–water partition coefficient (Wildman–Crippen LogP) is 20.9. The number of carbonyl (C=O) groups is 2. The normalized spacial score (nSPS) is 13.5. The fourth-order valence-corrected chi connectivity index (χ4v) is 10.1. The molecule has 2 atom stereocenters. The van der Waals surface area contributed by atoms with E-state index in [-0.39, 0.29) is 38.6 Å². The molecule has 0 amide bonds. The zero-order valence-corrected chi connectivity index (χ0v) is 51.1. The number of rotatable bonds is 61. The van der Waals surface area contributed by atoms with Crippen molar-refractivity contribution < 1.29 is 37.6 Å². The Morgan fingerprint density at radius 2 is 0.714 bits per heavy atom. The monoisotopic (exact) mass is 1100 g/mol. The van der Waals surface area contributed by atoms with Gasteiger partial charge in [0.25, 0.3) is 0 Å². The summed E-state index contributed by atoms with van der Waals surface area (Å²) in [6, 6.07) is 0. The minimum absolute atomic E-state index is 0.0458. The van der Waals surface area contributed by atoms with Crippen molar-refractivity contribution in [3.05, 3.63) is 72.9 Å². The third-order valence-corrected chi connectivity index (χ3v) is 15.1. The number of hydrogen-bond donors (Lipinski definition) is 2. The van der Waals surface area contributed by atoms with Crippen molar-refractivity contribution in [2.45, 2.75) is 315 Å². The van der Waals surface area contributed by atoms with Crippen LogP contribution in [0.1, 0.15) is 309 Å². The van der Waals surface area contributed by atoms with E-state index in [4.69, 9.17) is 24.3 Å². The molecule has 0 radical (unpaired) electrons. The number of nitrogens with two attached hydrogens (primary N) is 1. The van der Waals surface area contributed by atoms with E-state index in [0.717, 1.165) is 70.6 Å². The van der Waals surface area contributed by atoms with E-state index in [0.29, 0.717) is 6.42 Å². The van der Waals surface area contributed by atoms with Crippen molar-refractivity contribution in [3.8, 4) is 0 Å². The number of unbranched alkanes of at least 4 members (excludes halogenated alkanes) is 36. The number of esters is 2. The van der Waals surface area contributed by atoms with Crippen LogP contribution < -0.4 is 5.73 Å². The molecular formula is C67H122NO8P. The standard InChI is InChI=1S/C67H122NO8P/c1-3-5-7-9-11-13-15-17-19-21-23-24-25-26-27-28-29-30-31-32-33-34-35-36-37-38-39-40-42-43-45-47-49-51-53-55-57-59-66(69)73-63-65(64-75-77(71,72)74-62-61-68)76-67(70)60-58-56-54-52-50-48-46-44-41-22-20-18-16-14-12-10-8-6-4-2/h6,8,12,14,18,20-21,23,41,44,48,50,65H,3-5,7,9-11,13,15-17,19,22,24-40,42-43,45-47,49,51-64,68H2,1-2H3,(H,71,72)/b8-6-,14-12-,20-18-,23-21-,44-41-,50-48-. The Labute approximate surface area is 475 Å². The van der Waals surface area contributed by atoms with Crippen molar-refractivity contribution in [1.29, 1.82) is 0 Å². The first-order valence-corrected chi connectivity index (χ1v) is 33.9. The summed E-state index contributed by atoms with van der Waals surface area (Å²) in [4.78, 5) is 35.2. The van der Waals surface area contributed by atoms with Crippen LogP contribution in [0.15, 0.2) is 72.9 Å². The first-order chi connectivity index (χ1) is 37.8. The van der Waals surface area contributed by atoms with Gasteiger partial charge in [0, 0.05) is 19.4 Å². The molecule has 0 rings (SSSR count). The number of hydrogen-bond acceptors (Lipinski definition) is 8. The second kappa shape index (κ2) is 62.6. The first-order valence-electron chi connectivity index (χ1n) is 32.4. The average Bonchev–Trinajstić information content (AvgIpc) is 3.42. The lowest BCUT2D eigenvalue weighted by Crippen LogP contribution is -2.29. The Hall–Kier alpha value is -2.55. The molecular weight excluding hydrogens is 978 g/mol. The summed E-state index contributed by atoms with van der Waals surface area (Å²) in [6.07, 6.45) is 81.5. The molecule has 0 aromatic carbocycles. The lowest BCUT2D eigenvalue weighted by atomic mass is 10.0. The molecule has 0 aliphatic rings. The highest BCUT2D eigenvalue weighted by Crippen LogP contribution is 2.43. The van der Waals surface area contributed by atoms with Gasteiger partial charge >= 0.3 is 19.8 Å². The Bertz CT molecular complexity index is 1490. The van der Waals surface area contributed by atoms with Gasteiger partial charge in [-0.1, -0.05) is 286 Å². The van der Waals surface area contributed by atoms with E-state index in [2.05, 4.69) is 86.8 Å². The van der Waals surface area contributed by atoms with Gasteiger partial charge in [-0.15, -0.1) is 0 Å². The van der Waals surface area contributed by atoms with Crippen LogP contribution in [-0.4, -0.2) is 49.3 Å². The van der Waals surface area contributed by atoms with Gasteiger partial charge in [0.15, 0.2) is 6.10 Å². The molecule has 0 saturated carbocycles. The molecule has 9 nitrogen and oxygen atoms in total. The lowest BCUT2D eigenvalue weighted by molar-refractivity contribution is -0.161. The Morgan fingerprint density at radius 3 is 1.09 bits per heavy atom. The quantitative estimate of drug-likeness (QED) is 0.0264. The number of carbonyl (C=O) groups excluding carboxylic acids is 2. The van der Waals surface area contributed by atoms with Gasteiger partial charge in [-0.25, -0.2) is 4.57 Å². The topological polar surface area (TPSA) is 134 Å². The second-order valence-electron chi connectivity index (χ2n) is 21.6. The van der Waals surface area contributed by atoms with E-state index in [1.54, 1.807) is 0 Å². The highest BCUT2D eigenvalue weighted by Gasteiger charge is 2.26. The van der Waals surface area contributed by atoms with E-state index < -0.39 is 26.5 Å². The molecule has 0 aliphatic carbocycles. The third-order valence-electron chi connectivity index (χ3n) is 14.1. The van der Waals surface area contributed by atoms with Crippen molar-refractivity contribution >= 4 is 19.8 Å². The average molecular weight is 1100 g/mol. The maximum absolute atomic E-state index is 12.7. The van der Waals surface area contributed by atoms with Gasteiger partial charge in [0.05, 0.1) is 13.2 Å². The number of allylic oxidation sites excluding steroid dienone is 12. The number of phosphoric acid groups is 1. The summed E-state index contributed by atoms with van der Waals surface area (Å²) in [7, 11) is -4.40. The molecule has 0 aromatic rings. The molecule has 10 heteroatoms. The van der Waals surface area contributed by atoms with Gasteiger partial charge in [-0.3, -0.25) is 18.6 Å². The highest BCUT2D eigenvalue weighted by molar-refractivity contribution is 7.47. The predicted molar refractivity (Wildman–Crippen MR) is 330 cm³/mol. The molecule has 77 heavy (non-hydrogen) atoms. The molecule has 0 aromatic heterocycles. The summed E-state index contributed by atoms with van der Waals surface area (Å²) in [6.45, 7) is 3.62. The molecule has 0 heterocycles. The Kier molecular flexibility index (Phi) is 60.6. The second-order valence-corrected chi connectivity index (χ2v) is 23.1. The lowest BCUT2D eigenvalue weighted by Gasteiger charge is -2.19. The smallest absolute Gasteiger partial charge is 0.462 e. The van der Waals surface area contributed by atoms with Gasteiger partial charge in [0.2, 0.25) is 0 Å². The summed E-state index contributed by atoms with van der Waals surface area (Å²) >= 11 is 0. The SMILES string of the molecule is CC/C=C\C/C=C\C/C=C\C/C=C\C/C=C\CCCCCC(=O)OC(COC(=O)CCCCCCCCCCCCCCCCCCCCCCCCCCC/C=C\CCCCCCCCCC)COP(=O)(O)OCCN. The minimum Gasteiger partial charge on any atom is -0.462 e. The summed E-state index contributed by atoms with van der Waals surface area (Å²) in [5.41, 5.74) is 5.38. The van der Waals surface area contributed by atoms with Gasteiger partial charge < -0.3 is 20.1 Å². The molecule has 0 bridgehead atoms. The van der Waals surface area contributed by atoms with Gasteiger partial charge in [-0.2, -0.15) is 0 Å². The van der Waals surface area contributed by atoms with E-state index in [9.17, 15) is 19.0 Å². The first kappa shape index (κ1) is 74.5. The zero-order chi connectivity index (χ0) is 55.9. The number of phosphoric ester groups is 1. The van der Waals surface area contributed by atoms with Crippen molar-refractivity contribution in [2.24, 2.45) is 5.73 Å². The fraction of sp³-hybridized carbons (Fsp3) is 0.791. The van der Waals surface area contributed by atoms with Gasteiger partial charge in [0.1, 0.15) is 6.61 Å². The van der Waals surface area contributed by atoms with Gasteiger partial charge in [-0.05, 0) is 83.5 Å². The van der Waals surface area contributed by atoms with Crippen LogP contribution in [0, 0.1) is 0 Å². The van der Waals surface area contributed by atoms with Crippen LogP contribution in [0.2, 0.25) is 0 Å². The zero-order valence-electron chi connectivity index (χ0n) is 50.2. The van der Waals surface area contributed by atoms with Crippen LogP contribution in [0.25, 0.3) is 0 Å². The van der Waals surface area contributed by atoms with Crippen molar-refractivity contribution in [2.75, 3.05) is 26.4 Å². The maximum atomic E-state index is 12.7. The summed E-state index contributed by atoms with van der Waals surface area (Å²) in [5, 5.41) is 0. The van der Waals surface area contributed by atoms with Crippen LogP contribution in [-0.2, 0) is 32.7 Å². The molecule has 0 spiro atoms. The third kappa shape index (κ3) is 62.5. The van der Waals surface area contributed by atoms with Crippen molar-refractivity contribution in [1.82, 2.24) is 0 Å². The van der Waals surface area contributed by atoms with Crippen LogP contribution in [0.5, 0.6) is 0 Å². The molecule has 0 aliphatic heterocycles. The highest BCUT2D eigenvalue weighted by atomic mass is 31.2. The minimum atomic E-state index is -4.40. The van der Waals surface area contributed by atoms with E-state index in [1.807, 2.05) is 0 Å². The molecule has 2 unspecified atom stereocenters. The molecule has 448 valence electrons.